The summed E-state index contributed by atoms with van der Waals surface area (Å²) in [6, 6.07) is 4.08. The molecule has 1 nitrogen and oxygen atoms in total. The van der Waals surface area contributed by atoms with Crippen LogP contribution in [0.4, 0.5) is 8.78 Å². The van der Waals surface area contributed by atoms with E-state index in [9.17, 15) is 8.78 Å². The molecule has 5 heteroatoms. The van der Waals surface area contributed by atoms with Gasteiger partial charge in [-0.2, -0.15) is 0 Å². The molecular formula is C10H5Cl2F2N. The summed E-state index contributed by atoms with van der Waals surface area (Å²) in [5.41, 5.74) is 0.519. The predicted octanol–water partition coefficient (Wildman–Crippen LogP) is 3.91. The van der Waals surface area contributed by atoms with Gasteiger partial charge in [-0.05, 0) is 18.2 Å². The standard InChI is InChI=1S/C10H5Cl2F2N/c11-4-6-3-5-1-2-7(13)8(14)9(5)15-10(6)12/h1-3H,4H2. The fourth-order valence-electron chi connectivity index (χ4n) is 1.30. The van der Waals surface area contributed by atoms with E-state index in [0.29, 0.717) is 10.9 Å². The van der Waals surface area contributed by atoms with Gasteiger partial charge < -0.3 is 0 Å². The molecule has 0 aliphatic carbocycles. The van der Waals surface area contributed by atoms with E-state index in [1.54, 1.807) is 6.07 Å². The van der Waals surface area contributed by atoms with E-state index in [1.807, 2.05) is 0 Å². The summed E-state index contributed by atoms with van der Waals surface area (Å²) in [4.78, 5) is 3.77. The van der Waals surface area contributed by atoms with Crippen LogP contribution in [0.3, 0.4) is 0 Å². The molecule has 1 aromatic carbocycles. The van der Waals surface area contributed by atoms with Crippen molar-refractivity contribution in [2.24, 2.45) is 0 Å². The Hall–Kier alpha value is -0.930. The van der Waals surface area contributed by atoms with Crippen LogP contribution in [0.15, 0.2) is 18.2 Å². The van der Waals surface area contributed by atoms with Crippen LogP contribution in [0.2, 0.25) is 5.15 Å². The fourth-order valence-corrected chi connectivity index (χ4v) is 1.77. The highest BCUT2D eigenvalue weighted by atomic mass is 35.5. The zero-order valence-electron chi connectivity index (χ0n) is 7.40. The van der Waals surface area contributed by atoms with Crippen LogP contribution in [-0.4, -0.2) is 4.98 Å². The Balaban J connectivity index is 2.81. The molecule has 0 bridgehead atoms. The third-order valence-corrected chi connectivity index (χ3v) is 2.66. The van der Waals surface area contributed by atoms with Gasteiger partial charge in [0, 0.05) is 10.9 Å². The van der Waals surface area contributed by atoms with Crippen molar-refractivity contribution in [1.29, 1.82) is 0 Å². The van der Waals surface area contributed by atoms with Gasteiger partial charge in [0.2, 0.25) is 0 Å². The Labute approximate surface area is 94.6 Å². The first-order chi connectivity index (χ1) is 7.13. The minimum atomic E-state index is -0.990. The number of hydrogen-bond donors (Lipinski definition) is 0. The molecule has 0 spiro atoms. The zero-order valence-corrected chi connectivity index (χ0v) is 8.91. The van der Waals surface area contributed by atoms with Gasteiger partial charge in [0.1, 0.15) is 10.7 Å². The molecule has 0 fully saturated rings. The molecule has 2 rings (SSSR count). The molecule has 0 saturated heterocycles. The van der Waals surface area contributed by atoms with E-state index in [0.717, 1.165) is 6.07 Å². The number of nitrogens with zero attached hydrogens (tertiary/aromatic N) is 1. The van der Waals surface area contributed by atoms with Crippen molar-refractivity contribution in [3.63, 3.8) is 0 Å². The van der Waals surface area contributed by atoms with Crippen LogP contribution in [0, 0.1) is 11.6 Å². The number of aromatic nitrogens is 1. The summed E-state index contributed by atoms with van der Waals surface area (Å²) in [5, 5.41) is 0.580. The van der Waals surface area contributed by atoms with Crippen molar-refractivity contribution in [1.82, 2.24) is 4.98 Å². The summed E-state index contributed by atoms with van der Waals surface area (Å²) in [6.45, 7) is 0. The van der Waals surface area contributed by atoms with Crippen LogP contribution in [0.5, 0.6) is 0 Å². The molecule has 0 saturated carbocycles. The Kier molecular flexibility index (Phi) is 2.76. The molecule has 0 aliphatic rings. The van der Waals surface area contributed by atoms with Crippen LogP contribution in [-0.2, 0) is 5.88 Å². The Morgan fingerprint density at radius 2 is 2.00 bits per heavy atom. The number of pyridine rings is 1. The molecule has 78 valence electrons. The first-order valence-corrected chi connectivity index (χ1v) is 5.04. The van der Waals surface area contributed by atoms with Gasteiger partial charge in [-0.15, -0.1) is 11.6 Å². The molecular weight excluding hydrogens is 243 g/mol. The molecule has 0 radical (unpaired) electrons. The predicted molar refractivity (Wildman–Crippen MR) is 56.2 cm³/mol. The molecule has 2 aromatic rings. The van der Waals surface area contributed by atoms with E-state index >= 15 is 0 Å². The van der Waals surface area contributed by atoms with Gasteiger partial charge in [0.15, 0.2) is 11.6 Å². The van der Waals surface area contributed by atoms with E-state index in [-0.39, 0.29) is 16.5 Å². The topological polar surface area (TPSA) is 12.9 Å². The second kappa shape index (κ2) is 3.91. The average molecular weight is 248 g/mol. The van der Waals surface area contributed by atoms with Crippen molar-refractivity contribution in [3.05, 3.63) is 40.6 Å². The molecule has 0 unspecified atom stereocenters. The maximum Gasteiger partial charge on any atom is 0.185 e. The first-order valence-electron chi connectivity index (χ1n) is 4.12. The molecule has 1 aromatic heterocycles. The lowest BCUT2D eigenvalue weighted by Crippen LogP contribution is -1.92. The van der Waals surface area contributed by atoms with E-state index in [4.69, 9.17) is 23.2 Å². The van der Waals surface area contributed by atoms with Gasteiger partial charge in [0.05, 0.1) is 5.88 Å². The van der Waals surface area contributed by atoms with Crippen molar-refractivity contribution < 1.29 is 8.78 Å². The van der Waals surface area contributed by atoms with Crippen LogP contribution < -0.4 is 0 Å². The number of hydrogen-bond acceptors (Lipinski definition) is 1. The summed E-state index contributed by atoms with van der Waals surface area (Å²) in [7, 11) is 0. The van der Waals surface area contributed by atoms with Crippen molar-refractivity contribution >= 4 is 34.1 Å². The lowest BCUT2D eigenvalue weighted by Gasteiger charge is -2.04. The van der Waals surface area contributed by atoms with Crippen LogP contribution >= 0.6 is 23.2 Å². The maximum atomic E-state index is 13.3. The highest BCUT2D eigenvalue weighted by molar-refractivity contribution is 6.31. The highest BCUT2D eigenvalue weighted by Gasteiger charge is 2.11. The largest absolute Gasteiger partial charge is 0.233 e. The molecule has 0 amide bonds. The van der Waals surface area contributed by atoms with Crippen molar-refractivity contribution in [3.8, 4) is 0 Å². The molecule has 0 aliphatic heterocycles. The van der Waals surface area contributed by atoms with Crippen LogP contribution in [0.1, 0.15) is 5.56 Å². The lowest BCUT2D eigenvalue weighted by molar-refractivity contribution is 0.515. The number of fused-ring (bicyclic) bond motifs is 1. The highest BCUT2D eigenvalue weighted by Crippen LogP contribution is 2.24. The number of halogens is 4. The van der Waals surface area contributed by atoms with Crippen LogP contribution in [0.25, 0.3) is 10.9 Å². The minimum absolute atomic E-state index is 0.0751. The summed E-state index contributed by atoms with van der Waals surface area (Å²) < 4.78 is 26.2. The lowest BCUT2D eigenvalue weighted by atomic mass is 10.1. The van der Waals surface area contributed by atoms with E-state index < -0.39 is 11.6 Å². The minimum Gasteiger partial charge on any atom is -0.233 e. The zero-order chi connectivity index (χ0) is 11.0. The normalized spacial score (nSPS) is 10.9. The van der Waals surface area contributed by atoms with E-state index in [1.165, 1.54) is 6.07 Å². The molecule has 1 heterocycles. The third kappa shape index (κ3) is 1.77. The summed E-state index contributed by atoms with van der Waals surface area (Å²) >= 11 is 11.4. The quantitative estimate of drug-likeness (QED) is 0.550. The number of benzene rings is 1. The molecule has 15 heavy (non-hydrogen) atoms. The summed E-state index contributed by atoms with van der Waals surface area (Å²) in [5.74, 6) is -1.75. The summed E-state index contributed by atoms with van der Waals surface area (Å²) in [6.07, 6.45) is 0. The van der Waals surface area contributed by atoms with Crippen molar-refractivity contribution in [2.45, 2.75) is 5.88 Å². The number of rotatable bonds is 1. The second-order valence-corrected chi connectivity index (χ2v) is 3.63. The Morgan fingerprint density at radius 1 is 1.27 bits per heavy atom. The molecule has 0 N–H and O–H groups in total. The smallest absolute Gasteiger partial charge is 0.185 e. The first kappa shape index (κ1) is 10.6. The van der Waals surface area contributed by atoms with Gasteiger partial charge in [0.25, 0.3) is 0 Å². The van der Waals surface area contributed by atoms with Crippen molar-refractivity contribution in [2.75, 3.05) is 0 Å². The van der Waals surface area contributed by atoms with E-state index in [2.05, 4.69) is 4.98 Å². The maximum absolute atomic E-state index is 13.3. The number of alkyl halides is 1. The van der Waals surface area contributed by atoms with Gasteiger partial charge in [-0.3, -0.25) is 0 Å². The Morgan fingerprint density at radius 3 is 2.67 bits per heavy atom. The van der Waals surface area contributed by atoms with Gasteiger partial charge in [-0.25, -0.2) is 13.8 Å². The second-order valence-electron chi connectivity index (χ2n) is 3.01. The van der Waals surface area contributed by atoms with Gasteiger partial charge in [-0.1, -0.05) is 11.6 Å². The average Bonchev–Trinajstić information content (AvgIpc) is 2.24. The van der Waals surface area contributed by atoms with Gasteiger partial charge >= 0.3 is 0 Å². The monoisotopic (exact) mass is 247 g/mol. The molecule has 0 atom stereocenters. The third-order valence-electron chi connectivity index (χ3n) is 2.05. The Bertz CT molecular complexity index is 528. The fraction of sp³-hybridized carbons (Fsp3) is 0.100. The SMILES string of the molecule is Fc1ccc2cc(CCl)c(Cl)nc2c1F.